The number of benzene rings is 2. The maximum atomic E-state index is 5.34. The second kappa shape index (κ2) is 12.8. The molecule has 1 aliphatic rings. The molecule has 0 spiro atoms. The Morgan fingerprint density at radius 2 is 1.85 bits per heavy atom. The van der Waals surface area contributed by atoms with Gasteiger partial charge in [0.05, 0.1) is 24.2 Å². The number of hydrogen-bond acceptors (Lipinski definition) is 4. The molecule has 0 bridgehead atoms. The van der Waals surface area contributed by atoms with Gasteiger partial charge in [-0.2, -0.15) is 0 Å². The van der Waals surface area contributed by atoms with Crippen LogP contribution in [0.4, 0.5) is 0 Å². The van der Waals surface area contributed by atoms with E-state index in [1.807, 2.05) is 37.4 Å². The second-order valence-corrected chi connectivity index (χ2v) is 8.22. The van der Waals surface area contributed by atoms with Crippen molar-refractivity contribution in [1.29, 1.82) is 0 Å². The molecule has 178 valence electrons. The Morgan fingerprint density at radius 1 is 1.09 bits per heavy atom. The van der Waals surface area contributed by atoms with Crippen LogP contribution in [0.25, 0.3) is 11.0 Å². The van der Waals surface area contributed by atoms with Crippen LogP contribution in [0.1, 0.15) is 36.7 Å². The van der Waals surface area contributed by atoms with Crippen LogP contribution in [0.3, 0.4) is 0 Å². The van der Waals surface area contributed by atoms with Crippen molar-refractivity contribution in [2.75, 3.05) is 40.3 Å². The van der Waals surface area contributed by atoms with Crippen molar-refractivity contribution in [3.05, 3.63) is 59.9 Å². The van der Waals surface area contributed by atoms with Gasteiger partial charge in [0, 0.05) is 26.6 Å². The van der Waals surface area contributed by atoms with Crippen molar-refractivity contribution in [2.45, 2.75) is 31.7 Å². The summed E-state index contributed by atoms with van der Waals surface area (Å²) in [4.78, 5) is 15.0. The number of imidazole rings is 1. The SMILES string of the molecule is CN=C(NCCc1nc2ccccc2[nH]1)NCC(c1ccc(OC)cc1)N1CCCCC1.I. The molecule has 1 aliphatic heterocycles. The Labute approximate surface area is 213 Å². The average molecular weight is 563 g/mol. The van der Waals surface area contributed by atoms with Gasteiger partial charge in [-0.1, -0.05) is 30.7 Å². The minimum Gasteiger partial charge on any atom is -0.497 e. The first-order valence-corrected chi connectivity index (χ1v) is 11.5. The lowest BCUT2D eigenvalue weighted by molar-refractivity contribution is 0.164. The zero-order chi connectivity index (χ0) is 22.2. The molecule has 1 unspecified atom stereocenters. The quantitative estimate of drug-likeness (QED) is 0.219. The van der Waals surface area contributed by atoms with Gasteiger partial charge in [-0.3, -0.25) is 9.89 Å². The normalized spacial score (nSPS) is 15.6. The van der Waals surface area contributed by atoms with Gasteiger partial charge in [-0.25, -0.2) is 4.98 Å². The standard InChI is InChI=1S/C25H34N6O.HI/c1-26-25(27-15-14-24-29-21-8-4-5-9-22(21)30-24)28-18-23(31-16-6-3-7-17-31)19-10-12-20(32-2)13-11-19;/h4-5,8-13,23H,3,6-7,14-18H2,1-2H3,(H,29,30)(H2,26,27,28);1H. The molecule has 2 aromatic carbocycles. The Morgan fingerprint density at radius 3 is 2.55 bits per heavy atom. The molecule has 0 amide bonds. The third-order valence-electron chi connectivity index (χ3n) is 6.11. The zero-order valence-corrected chi connectivity index (χ0v) is 21.8. The number of likely N-dealkylation sites (tertiary alicyclic amines) is 1. The number of aliphatic imine (C=N–C) groups is 1. The zero-order valence-electron chi connectivity index (χ0n) is 19.5. The maximum absolute atomic E-state index is 5.34. The summed E-state index contributed by atoms with van der Waals surface area (Å²) in [6.45, 7) is 3.83. The van der Waals surface area contributed by atoms with Gasteiger partial charge in [0.25, 0.3) is 0 Å². The first kappa shape index (κ1) is 25.3. The van der Waals surface area contributed by atoms with E-state index in [0.29, 0.717) is 6.04 Å². The highest BCUT2D eigenvalue weighted by Crippen LogP contribution is 2.25. The van der Waals surface area contributed by atoms with Crippen LogP contribution < -0.4 is 15.4 Å². The number of rotatable bonds is 8. The Kier molecular flexibility index (Phi) is 9.80. The fourth-order valence-corrected chi connectivity index (χ4v) is 4.35. The highest BCUT2D eigenvalue weighted by atomic mass is 127. The van der Waals surface area contributed by atoms with E-state index < -0.39 is 0 Å². The number of para-hydroxylation sites is 2. The summed E-state index contributed by atoms with van der Waals surface area (Å²) in [6, 6.07) is 16.9. The number of nitrogens with zero attached hydrogens (tertiary/aromatic N) is 3. The second-order valence-electron chi connectivity index (χ2n) is 8.22. The van der Waals surface area contributed by atoms with Crippen LogP contribution in [0.15, 0.2) is 53.5 Å². The number of aromatic nitrogens is 2. The predicted octanol–water partition coefficient (Wildman–Crippen LogP) is 4.12. The Bertz CT molecular complexity index is 980. The van der Waals surface area contributed by atoms with E-state index in [9.17, 15) is 0 Å². The van der Waals surface area contributed by atoms with Gasteiger partial charge in [0.1, 0.15) is 11.6 Å². The summed E-state index contributed by atoms with van der Waals surface area (Å²) in [5.41, 5.74) is 3.39. The third kappa shape index (κ3) is 6.83. The number of H-pyrrole nitrogens is 1. The number of hydrogen-bond donors (Lipinski definition) is 3. The van der Waals surface area contributed by atoms with Crippen molar-refractivity contribution < 1.29 is 4.74 Å². The van der Waals surface area contributed by atoms with E-state index in [0.717, 1.165) is 61.2 Å². The number of halogens is 1. The molecule has 3 aromatic rings. The van der Waals surface area contributed by atoms with E-state index >= 15 is 0 Å². The smallest absolute Gasteiger partial charge is 0.191 e. The molecule has 8 heteroatoms. The molecule has 1 fully saturated rings. The summed E-state index contributed by atoms with van der Waals surface area (Å²) in [5.74, 6) is 2.69. The Hall–Kier alpha value is -2.33. The minimum absolute atomic E-state index is 0. The molecule has 7 nitrogen and oxygen atoms in total. The molecule has 1 saturated heterocycles. The largest absolute Gasteiger partial charge is 0.497 e. The van der Waals surface area contributed by atoms with Gasteiger partial charge in [0.15, 0.2) is 5.96 Å². The molecule has 4 rings (SSSR count). The average Bonchev–Trinajstić information content (AvgIpc) is 3.27. The molecule has 33 heavy (non-hydrogen) atoms. The Balaban J connectivity index is 0.00000306. The molecular weight excluding hydrogens is 527 g/mol. The number of piperidine rings is 1. The van der Waals surface area contributed by atoms with Crippen molar-refractivity contribution in [2.24, 2.45) is 4.99 Å². The molecule has 2 heterocycles. The summed E-state index contributed by atoms with van der Waals surface area (Å²) < 4.78 is 5.34. The first-order chi connectivity index (χ1) is 15.8. The van der Waals surface area contributed by atoms with Crippen LogP contribution in [0.5, 0.6) is 5.75 Å². The fraction of sp³-hybridized carbons (Fsp3) is 0.440. The molecule has 3 N–H and O–H groups in total. The van der Waals surface area contributed by atoms with E-state index in [4.69, 9.17) is 4.74 Å². The van der Waals surface area contributed by atoms with Crippen molar-refractivity contribution in [3.8, 4) is 5.75 Å². The number of ether oxygens (including phenoxy) is 1. The van der Waals surface area contributed by atoms with Gasteiger partial charge >= 0.3 is 0 Å². The highest BCUT2D eigenvalue weighted by Gasteiger charge is 2.22. The van der Waals surface area contributed by atoms with Gasteiger partial charge in [0.2, 0.25) is 0 Å². The van der Waals surface area contributed by atoms with Crippen LogP contribution in [-0.2, 0) is 6.42 Å². The van der Waals surface area contributed by atoms with Crippen LogP contribution >= 0.6 is 24.0 Å². The lowest BCUT2D eigenvalue weighted by Gasteiger charge is -2.35. The highest BCUT2D eigenvalue weighted by molar-refractivity contribution is 14.0. The van der Waals surface area contributed by atoms with Crippen molar-refractivity contribution in [1.82, 2.24) is 25.5 Å². The lowest BCUT2D eigenvalue weighted by Crippen LogP contribution is -2.44. The summed E-state index contributed by atoms with van der Waals surface area (Å²) >= 11 is 0. The minimum atomic E-state index is 0. The number of nitrogens with one attached hydrogen (secondary N) is 3. The summed E-state index contributed by atoms with van der Waals surface area (Å²) in [6.07, 6.45) is 4.65. The van der Waals surface area contributed by atoms with E-state index in [1.54, 1.807) is 7.11 Å². The van der Waals surface area contributed by atoms with Crippen LogP contribution in [-0.4, -0.2) is 61.2 Å². The van der Waals surface area contributed by atoms with E-state index in [-0.39, 0.29) is 24.0 Å². The monoisotopic (exact) mass is 562 g/mol. The summed E-state index contributed by atoms with van der Waals surface area (Å²) in [7, 11) is 3.53. The predicted molar refractivity (Wildman–Crippen MR) is 146 cm³/mol. The molecule has 0 saturated carbocycles. The van der Waals surface area contributed by atoms with Crippen molar-refractivity contribution >= 4 is 41.0 Å². The number of fused-ring (bicyclic) bond motifs is 1. The molecule has 1 aromatic heterocycles. The molecule has 0 radical (unpaired) electrons. The maximum Gasteiger partial charge on any atom is 0.191 e. The molecule has 0 aliphatic carbocycles. The van der Waals surface area contributed by atoms with Gasteiger partial charge in [-0.15, -0.1) is 24.0 Å². The van der Waals surface area contributed by atoms with Gasteiger partial charge < -0.3 is 20.4 Å². The van der Waals surface area contributed by atoms with Crippen molar-refractivity contribution in [3.63, 3.8) is 0 Å². The third-order valence-corrected chi connectivity index (χ3v) is 6.11. The number of aromatic amines is 1. The topological polar surface area (TPSA) is 77.6 Å². The first-order valence-electron chi connectivity index (χ1n) is 11.5. The van der Waals surface area contributed by atoms with E-state index in [2.05, 4.69) is 48.7 Å². The van der Waals surface area contributed by atoms with E-state index in [1.165, 1.54) is 24.8 Å². The molecular formula is C25H35IN6O. The van der Waals surface area contributed by atoms with Crippen LogP contribution in [0, 0.1) is 0 Å². The summed E-state index contributed by atoms with van der Waals surface area (Å²) in [5, 5.41) is 6.97. The van der Waals surface area contributed by atoms with Crippen LogP contribution in [0.2, 0.25) is 0 Å². The lowest BCUT2D eigenvalue weighted by atomic mass is 10.0. The van der Waals surface area contributed by atoms with Gasteiger partial charge in [-0.05, 0) is 55.8 Å². The molecule has 1 atom stereocenters. The number of guanidine groups is 1. The number of methoxy groups -OCH3 is 1. The fourth-order valence-electron chi connectivity index (χ4n) is 4.35.